The molecule has 1 aromatic carbocycles. The molecule has 0 aliphatic rings. The summed E-state index contributed by atoms with van der Waals surface area (Å²) >= 11 is 0. The van der Waals surface area contributed by atoms with Crippen LogP contribution in [0.4, 0.5) is 0 Å². The normalized spacial score (nSPS) is 8.62. The molecule has 0 unspecified atom stereocenters. The second-order valence-corrected chi connectivity index (χ2v) is 4.11. The van der Waals surface area contributed by atoms with Gasteiger partial charge in [-0.1, -0.05) is 0 Å². The van der Waals surface area contributed by atoms with Gasteiger partial charge in [-0.05, 0) is 18.2 Å². The summed E-state index contributed by atoms with van der Waals surface area (Å²) in [5.41, 5.74) is -1.10. The van der Waals surface area contributed by atoms with E-state index in [1.54, 1.807) is 0 Å². The largest absolute Gasteiger partial charge is 0.480 e. The molecule has 0 aliphatic heterocycles. The number of aromatic carboxylic acids is 3. The molecule has 0 bridgehead atoms. The molecular weight excluding hydrogens is 413 g/mol. The molecule has 0 aromatic heterocycles. The minimum Gasteiger partial charge on any atom is -0.480 e. The maximum Gasteiger partial charge on any atom is 0.335 e. The predicted molar refractivity (Wildman–Crippen MR) is 84.0 cm³/mol. The molecule has 0 amide bonds. The van der Waals surface area contributed by atoms with Crippen LogP contribution in [0.1, 0.15) is 31.1 Å². The zero-order valence-corrected chi connectivity index (χ0v) is 13.2. The monoisotopic (exact) mass is 427 g/mol. The quantitative estimate of drug-likeness (QED) is 0.279. The third kappa shape index (κ3) is 12.2. The van der Waals surface area contributed by atoms with Crippen molar-refractivity contribution in [2.24, 2.45) is 0 Å². The first-order valence-electron chi connectivity index (χ1n) is 6.03. The molecule has 0 saturated carbocycles. The summed E-state index contributed by atoms with van der Waals surface area (Å²) in [5.74, 6) is -6.24. The molecule has 0 atom stereocenters. The van der Waals surface area contributed by atoms with E-state index < -0.39 is 29.8 Å². The Hall–Kier alpha value is -2.21. The van der Waals surface area contributed by atoms with Gasteiger partial charge in [0.25, 0.3) is 0 Å². The molecule has 0 aliphatic carbocycles. The van der Waals surface area contributed by atoms with Crippen LogP contribution < -0.4 is 5.32 Å². The van der Waals surface area contributed by atoms with E-state index in [0.717, 1.165) is 18.2 Å². The first-order chi connectivity index (χ1) is 11.0. The van der Waals surface area contributed by atoms with Crippen molar-refractivity contribution in [1.29, 1.82) is 0 Å². The van der Waals surface area contributed by atoms with Crippen molar-refractivity contribution in [3.8, 4) is 0 Å². The molecular formula is C13H15MgNNiO10. The molecule has 11 nitrogen and oxygen atoms in total. The average Bonchev–Trinajstić information content (AvgIpc) is 2.46. The Labute approximate surface area is 172 Å². The molecule has 1 rings (SSSR count). The van der Waals surface area contributed by atoms with Crippen molar-refractivity contribution in [2.45, 2.75) is 0 Å². The van der Waals surface area contributed by atoms with Gasteiger partial charge in [-0.2, -0.15) is 0 Å². The number of rotatable bonds is 7. The Balaban J connectivity index is -0.000000422. The molecule has 13 heteroatoms. The molecule has 0 spiro atoms. The van der Waals surface area contributed by atoms with E-state index in [-0.39, 0.29) is 69.3 Å². The third-order valence-electron chi connectivity index (χ3n) is 2.23. The average molecular weight is 428 g/mol. The Morgan fingerprint density at radius 3 is 1.04 bits per heavy atom. The topological polar surface area (TPSA) is 199 Å². The van der Waals surface area contributed by atoms with E-state index in [1.807, 2.05) is 0 Å². The van der Waals surface area contributed by atoms with Gasteiger partial charge in [0.15, 0.2) is 0 Å². The van der Waals surface area contributed by atoms with Crippen molar-refractivity contribution in [2.75, 3.05) is 13.1 Å². The van der Waals surface area contributed by atoms with Crippen molar-refractivity contribution >= 4 is 52.9 Å². The van der Waals surface area contributed by atoms with Crippen LogP contribution in [0.3, 0.4) is 0 Å². The van der Waals surface area contributed by atoms with Gasteiger partial charge in [0.05, 0.1) is 29.8 Å². The zero-order valence-electron chi connectivity index (χ0n) is 12.2. The van der Waals surface area contributed by atoms with Crippen LogP contribution in [-0.2, 0) is 26.1 Å². The number of carboxylic acid groups (broad SMARTS) is 5. The van der Waals surface area contributed by atoms with E-state index in [4.69, 9.17) is 25.5 Å². The van der Waals surface area contributed by atoms with Crippen LogP contribution in [0.25, 0.3) is 0 Å². The minimum absolute atomic E-state index is 0. The SMILES string of the molecule is O=C(O)CNCC(=O)O.O=C(O)c1cc(C(=O)O)cc(C(=O)O)c1.[MgH2].[Ni]. The second kappa shape index (κ2) is 14.0. The molecule has 144 valence electrons. The van der Waals surface area contributed by atoms with Crippen molar-refractivity contribution in [3.63, 3.8) is 0 Å². The van der Waals surface area contributed by atoms with Crippen LogP contribution in [0.5, 0.6) is 0 Å². The van der Waals surface area contributed by atoms with Gasteiger partial charge in [-0.25, -0.2) is 14.4 Å². The number of carbonyl (C=O) groups is 5. The molecule has 0 fully saturated rings. The number of nitrogens with one attached hydrogen (secondary N) is 1. The van der Waals surface area contributed by atoms with Gasteiger partial charge in [0, 0.05) is 16.5 Å². The van der Waals surface area contributed by atoms with E-state index in [2.05, 4.69) is 5.32 Å². The van der Waals surface area contributed by atoms with E-state index in [1.165, 1.54) is 0 Å². The molecule has 1 aromatic rings. The number of benzene rings is 1. The Morgan fingerprint density at radius 1 is 0.654 bits per heavy atom. The van der Waals surface area contributed by atoms with Crippen LogP contribution in [0.2, 0.25) is 0 Å². The first kappa shape index (κ1) is 28.6. The number of hydrogen-bond donors (Lipinski definition) is 6. The number of hydrogen-bond acceptors (Lipinski definition) is 6. The van der Waals surface area contributed by atoms with Gasteiger partial charge in [-0.3, -0.25) is 14.9 Å². The summed E-state index contributed by atoms with van der Waals surface area (Å²) in [5, 5.41) is 44.0. The Kier molecular flexibility index (Phi) is 15.4. The summed E-state index contributed by atoms with van der Waals surface area (Å²) in [6.07, 6.45) is 0. The van der Waals surface area contributed by atoms with E-state index >= 15 is 0 Å². The smallest absolute Gasteiger partial charge is 0.335 e. The fraction of sp³-hybridized carbons (Fsp3) is 0.154. The first-order valence-corrected chi connectivity index (χ1v) is 6.03. The van der Waals surface area contributed by atoms with Crippen LogP contribution in [-0.4, -0.2) is 91.5 Å². The Bertz CT molecular complexity index is 586. The summed E-state index contributed by atoms with van der Waals surface area (Å²) in [6, 6.07) is 2.70. The van der Waals surface area contributed by atoms with Crippen molar-refractivity contribution < 1.29 is 66.0 Å². The van der Waals surface area contributed by atoms with Gasteiger partial charge >= 0.3 is 52.9 Å². The van der Waals surface area contributed by atoms with Gasteiger partial charge in [-0.15, -0.1) is 0 Å². The summed E-state index contributed by atoms with van der Waals surface area (Å²) in [6.45, 7) is -0.626. The van der Waals surface area contributed by atoms with Crippen molar-refractivity contribution in [3.05, 3.63) is 34.9 Å². The second-order valence-electron chi connectivity index (χ2n) is 4.11. The fourth-order valence-electron chi connectivity index (χ4n) is 1.27. The summed E-state index contributed by atoms with van der Waals surface area (Å²) in [7, 11) is 0. The van der Waals surface area contributed by atoms with Gasteiger partial charge in [0.2, 0.25) is 0 Å². The predicted octanol–water partition coefficient (Wildman–Crippen LogP) is -1.39. The molecule has 0 radical (unpaired) electrons. The maximum absolute atomic E-state index is 10.6. The molecule has 0 heterocycles. The standard InChI is InChI=1S/C9H6O6.C4H7NO4.Mg.Ni.2H/c10-7(11)4-1-5(8(12)13)3-6(2-4)9(14)15;6-3(7)1-5-2-4(8)9;;;;/h1-3H,(H,10,11)(H,12,13)(H,14,15);5H,1-2H2,(H,6,7)(H,8,9);;;;. The minimum atomic E-state index is -1.37. The molecule has 26 heavy (non-hydrogen) atoms. The molecule has 0 saturated heterocycles. The number of carboxylic acids is 5. The van der Waals surface area contributed by atoms with Crippen LogP contribution >= 0.6 is 0 Å². The molecule has 6 N–H and O–H groups in total. The fourth-order valence-corrected chi connectivity index (χ4v) is 1.27. The van der Waals surface area contributed by atoms with Crippen LogP contribution in [0.15, 0.2) is 18.2 Å². The van der Waals surface area contributed by atoms with Crippen LogP contribution in [0, 0.1) is 0 Å². The third-order valence-corrected chi connectivity index (χ3v) is 2.23. The van der Waals surface area contributed by atoms with E-state index in [0.29, 0.717) is 0 Å². The van der Waals surface area contributed by atoms with Crippen molar-refractivity contribution in [1.82, 2.24) is 5.32 Å². The Morgan fingerprint density at radius 2 is 0.885 bits per heavy atom. The number of aliphatic carboxylic acids is 2. The van der Waals surface area contributed by atoms with Gasteiger partial charge < -0.3 is 25.5 Å². The van der Waals surface area contributed by atoms with E-state index in [9.17, 15) is 24.0 Å². The van der Waals surface area contributed by atoms with Gasteiger partial charge in [0.1, 0.15) is 0 Å². The summed E-state index contributed by atoms with van der Waals surface area (Å²) in [4.78, 5) is 51.1. The zero-order chi connectivity index (χ0) is 18.9. The summed E-state index contributed by atoms with van der Waals surface area (Å²) < 4.78 is 0. The maximum atomic E-state index is 10.6.